The zero-order chi connectivity index (χ0) is 21.5. The molecule has 0 amide bonds. The van der Waals surface area contributed by atoms with E-state index in [0.29, 0.717) is 12.5 Å². The maximum Gasteiger partial charge on any atom is 0.192 e. The van der Waals surface area contributed by atoms with Crippen molar-refractivity contribution in [2.45, 2.75) is 46.2 Å². The number of guanidine groups is 1. The smallest absolute Gasteiger partial charge is 0.192 e. The van der Waals surface area contributed by atoms with Crippen LogP contribution in [0.1, 0.15) is 54.1 Å². The molecule has 166 valence electrons. The summed E-state index contributed by atoms with van der Waals surface area (Å²) >= 11 is 0. The minimum absolute atomic E-state index is 0. The number of hydrogen-bond donors (Lipinski definition) is 2. The van der Waals surface area contributed by atoms with Gasteiger partial charge in [0.15, 0.2) is 11.8 Å². The molecule has 0 spiro atoms. The first-order valence-electron chi connectivity index (χ1n) is 10.4. The summed E-state index contributed by atoms with van der Waals surface area (Å²) in [7, 11) is 1.97. The fourth-order valence-corrected chi connectivity index (χ4v) is 3.27. The van der Waals surface area contributed by atoms with Crippen molar-refractivity contribution in [3.63, 3.8) is 0 Å². The van der Waals surface area contributed by atoms with Gasteiger partial charge in [-0.25, -0.2) is 4.99 Å². The van der Waals surface area contributed by atoms with Crippen molar-refractivity contribution in [2.24, 2.45) is 12.0 Å². The Labute approximate surface area is 202 Å². The molecule has 0 radical (unpaired) electrons. The molecule has 6 nitrogen and oxygen atoms in total. The summed E-state index contributed by atoms with van der Waals surface area (Å²) in [5.41, 5.74) is 3.82. The fraction of sp³-hybridized carbons (Fsp3) is 0.375. The summed E-state index contributed by atoms with van der Waals surface area (Å²) in [6, 6.07) is 19.2. The van der Waals surface area contributed by atoms with Gasteiger partial charge >= 0.3 is 0 Å². The lowest BCUT2D eigenvalue weighted by Gasteiger charge is -2.21. The van der Waals surface area contributed by atoms with Crippen LogP contribution in [0.25, 0.3) is 0 Å². The van der Waals surface area contributed by atoms with E-state index in [1.165, 1.54) is 16.7 Å². The van der Waals surface area contributed by atoms with Gasteiger partial charge in [0.25, 0.3) is 0 Å². The van der Waals surface area contributed by atoms with Crippen LogP contribution in [0, 0.1) is 13.8 Å². The van der Waals surface area contributed by atoms with Gasteiger partial charge in [-0.2, -0.15) is 0 Å². The number of nitrogens with one attached hydrogen (secondary N) is 2. The van der Waals surface area contributed by atoms with Gasteiger partial charge in [-0.15, -0.1) is 34.2 Å². The molecular formula is C24H33IN6. The van der Waals surface area contributed by atoms with E-state index in [-0.39, 0.29) is 30.0 Å². The van der Waals surface area contributed by atoms with Crippen molar-refractivity contribution in [1.82, 2.24) is 25.4 Å². The number of aliphatic imine (C=N–C) groups is 1. The van der Waals surface area contributed by atoms with Gasteiger partial charge in [0.05, 0.1) is 6.04 Å². The molecule has 7 heteroatoms. The average molecular weight is 532 g/mol. The molecule has 0 aliphatic rings. The minimum atomic E-state index is 0. The summed E-state index contributed by atoms with van der Waals surface area (Å²) in [6.45, 7) is 9.69. The topological polar surface area (TPSA) is 67.1 Å². The molecule has 0 fully saturated rings. The lowest BCUT2D eigenvalue weighted by molar-refractivity contribution is 0.651. The lowest BCUT2D eigenvalue weighted by Crippen LogP contribution is -2.40. The molecule has 1 aromatic heterocycles. The van der Waals surface area contributed by atoms with Crippen molar-refractivity contribution < 1.29 is 0 Å². The molecule has 0 aliphatic carbocycles. The number of benzene rings is 2. The predicted octanol–water partition coefficient (Wildman–Crippen LogP) is 4.65. The highest BCUT2D eigenvalue weighted by Gasteiger charge is 2.12. The highest BCUT2D eigenvalue weighted by atomic mass is 127. The number of halogens is 1. The molecule has 2 atom stereocenters. The van der Waals surface area contributed by atoms with E-state index in [4.69, 9.17) is 4.99 Å². The molecule has 0 bridgehead atoms. The fourth-order valence-electron chi connectivity index (χ4n) is 3.27. The van der Waals surface area contributed by atoms with Gasteiger partial charge < -0.3 is 15.2 Å². The third-order valence-electron chi connectivity index (χ3n) is 5.40. The first-order chi connectivity index (χ1) is 14.4. The van der Waals surface area contributed by atoms with Crippen LogP contribution in [0.2, 0.25) is 0 Å². The highest BCUT2D eigenvalue weighted by molar-refractivity contribution is 14.0. The molecule has 0 aliphatic heterocycles. The molecule has 3 aromatic rings. The van der Waals surface area contributed by atoms with E-state index >= 15 is 0 Å². The van der Waals surface area contributed by atoms with Gasteiger partial charge in [0.2, 0.25) is 0 Å². The maximum atomic E-state index is 4.79. The molecule has 2 N–H and O–H groups in total. The van der Waals surface area contributed by atoms with E-state index in [0.717, 1.165) is 24.2 Å². The largest absolute Gasteiger partial charge is 0.356 e. The van der Waals surface area contributed by atoms with Gasteiger partial charge in [-0.3, -0.25) is 0 Å². The van der Waals surface area contributed by atoms with Crippen LogP contribution in [0.15, 0.2) is 59.6 Å². The van der Waals surface area contributed by atoms with Crippen molar-refractivity contribution in [3.8, 4) is 0 Å². The Balaban J connectivity index is 0.00000341. The molecule has 2 aromatic carbocycles. The Morgan fingerprint density at radius 3 is 2.35 bits per heavy atom. The standard InChI is InChI=1S/C24H32N6.HI/c1-17-10-9-13-22(14-17)18(2)15-25-24(26-16-23-29-28-20(4)30(23)5)27-19(3)21-11-7-6-8-12-21;/h6-14,18-19H,15-16H2,1-5H3,(H2,25,26,27);1H. The summed E-state index contributed by atoms with van der Waals surface area (Å²) in [4.78, 5) is 4.79. The van der Waals surface area contributed by atoms with Crippen molar-refractivity contribution in [1.29, 1.82) is 0 Å². The molecule has 0 saturated heterocycles. The summed E-state index contributed by atoms with van der Waals surface area (Å²) in [5, 5.41) is 15.4. The van der Waals surface area contributed by atoms with Crippen molar-refractivity contribution >= 4 is 29.9 Å². The van der Waals surface area contributed by atoms with Crippen molar-refractivity contribution in [3.05, 3.63) is 82.9 Å². The van der Waals surface area contributed by atoms with Crippen LogP contribution in [0.4, 0.5) is 0 Å². The van der Waals surface area contributed by atoms with E-state index in [2.05, 4.69) is 90.1 Å². The Morgan fingerprint density at radius 2 is 1.71 bits per heavy atom. The Bertz CT molecular complexity index is 983. The molecule has 2 unspecified atom stereocenters. The summed E-state index contributed by atoms with van der Waals surface area (Å²) in [5.74, 6) is 2.86. The zero-order valence-corrected chi connectivity index (χ0v) is 21.3. The predicted molar refractivity (Wildman–Crippen MR) is 138 cm³/mol. The number of rotatable bonds is 7. The zero-order valence-electron chi connectivity index (χ0n) is 19.0. The number of hydrogen-bond acceptors (Lipinski definition) is 3. The number of nitrogens with zero attached hydrogens (tertiary/aromatic N) is 4. The average Bonchev–Trinajstić information content (AvgIpc) is 3.08. The molecule has 0 saturated carbocycles. The first kappa shape index (κ1) is 24.8. The Hall–Kier alpha value is -2.42. The maximum absolute atomic E-state index is 4.79. The SMILES string of the molecule is Cc1cccc(C(C)CNC(=NCc2nnc(C)n2C)NC(C)c2ccccc2)c1.I. The van der Waals surface area contributed by atoms with Crippen LogP contribution in [0.3, 0.4) is 0 Å². The number of aryl methyl sites for hydroxylation is 2. The van der Waals surface area contributed by atoms with Crippen LogP contribution >= 0.6 is 24.0 Å². The highest BCUT2D eigenvalue weighted by Crippen LogP contribution is 2.16. The summed E-state index contributed by atoms with van der Waals surface area (Å²) < 4.78 is 1.97. The molecule has 3 rings (SSSR count). The van der Waals surface area contributed by atoms with Crippen LogP contribution in [-0.4, -0.2) is 27.3 Å². The Kier molecular flexibility index (Phi) is 9.48. The minimum Gasteiger partial charge on any atom is -0.356 e. The third kappa shape index (κ3) is 7.05. The van der Waals surface area contributed by atoms with Gasteiger partial charge in [0.1, 0.15) is 12.4 Å². The second-order valence-corrected chi connectivity index (χ2v) is 7.86. The Morgan fingerprint density at radius 1 is 1.00 bits per heavy atom. The van der Waals surface area contributed by atoms with Crippen LogP contribution in [-0.2, 0) is 13.6 Å². The van der Waals surface area contributed by atoms with Crippen molar-refractivity contribution in [2.75, 3.05) is 6.54 Å². The number of aromatic nitrogens is 3. The monoisotopic (exact) mass is 532 g/mol. The third-order valence-corrected chi connectivity index (χ3v) is 5.40. The van der Waals surface area contributed by atoms with Crippen LogP contribution < -0.4 is 10.6 Å². The van der Waals surface area contributed by atoms with E-state index in [1.807, 2.05) is 24.6 Å². The van der Waals surface area contributed by atoms with Crippen LogP contribution in [0.5, 0.6) is 0 Å². The second kappa shape index (κ2) is 11.8. The van der Waals surface area contributed by atoms with E-state index in [1.54, 1.807) is 0 Å². The first-order valence-corrected chi connectivity index (χ1v) is 10.4. The normalized spacial score (nSPS) is 13.3. The van der Waals surface area contributed by atoms with Gasteiger partial charge in [-0.1, -0.05) is 67.1 Å². The molecular weight excluding hydrogens is 499 g/mol. The van der Waals surface area contributed by atoms with Gasteiger partial charge in [-0.05, 0) is 37.8 Å². The second-order valence-electron chi connectivity index (χ2n) is 7.86. The molecule has 1 heterocycles. The molecule has 31 heavy (non-hydrogen) atoms. The van der Waals surface area contributed by atoms with Gasteiger partial charge in [0, 0.05) is 13.6 Å². The quantitative estimate of drug-likeness (QED) is 0.264. The van der Waals surface area contributed by atoms with E-state index in [9.17, 15) is 0 Å². The van der Waals surface area contributed by atoms with E-state index < -0.39 is 0 Å². The lowest BCUT2D eigenvalue weighted by atomic mass is 9.99. The summed E-state index contributed by atoms with van der Waals surface area (Å²) in [6.07, 6.45) is 0.